The number of hydrogen-bond acceptors (Lipinski definition) is 2. The Kier molecular flexibility index (Phi) is 3.80. The molecule has 5 nitrogen and oxygen atoms in total. The number of carbonyl (C=O) groups is 2. The minimum atomic E-state index is -0.0824. The van der Waals surface area contributed by atoms with Crippen molar-refractivity contribution in [3.8, 4) is 0 Å². The molecule has 2 amide bonds. The third-order valence-electron chi connectivity index (χ3n) is 5.07. The summed E-state index contributed by atoms with van der Waals surface area (Å²) in [4.78, 5) is 29.0. The molecule has 2 heterocycles. The molecule has 5 heteroatoms. The molecule has 3 aromatic rings. The van der Waals surface area contributed by atoms with Crippen molar-refractivity contribution in [1.82, 2.24) is 4.57 Å². The highest BCUT2D eigenvalue weighted by Crippen LogP contribution is 2.36. The first-order valence-electron chi connectivity index (χ1n) is 8.74. The summed E-state index contributed by atoms with van der Waals surface area (Å²) in [5, 5.41) is 1.04. The van der Waals surface area contributed by atoms with Gasteiger partial charge in [-0.1, -0.05) is 30.3 Å². The molecule has 1 aliphatic heterocycles. The van der Waals surface area contributed by atoms with Crippen LogP contribution < -0.4 is 9.80 Å². The van der Waals surface area contributed by atoms with E-state index in [0.717, 1.165) is 22.3 Å². The molecular formula is C21H21N3O2. The zero-order chi connectivity index (χ0) is 18.4. The number of aryl methyl sites for hydroxylation is 1. The van der Waals surface area contributed by atoms with Gasteiger partial charge in [-0.3, -0.25) is 9.59 Å². The normalized spacial score (nSPS) is 16.7. The lowest BCUT2D eigenvalue weighted by molar-refractivity contribution is -0.117. The summed E-state index contributed by atoms with van der Waals surface area (Å²) in [5.74, 6) is -0.0622. The molecule has 0 unspecified atom stereocenters. The van der Waals surface area contributed by atoms with Gasteiger partial charge in [-0.25, -0.2) is 0 Å². The van der Waals surface area contributed by atoms with E-state index >= 15 is 0 Å². The number of fused-ring (bicyclic) bond motifs is 2. The largest absolute Gasteiger partial charge is 0.340 e. The Bertz CT molecular complexity index is 1020. The number of hydrogen-bond donors (Lipinski definition) is 0. The Morgan fingerprint density at radius 3 is 2.35 bits per heavy atom. The first-order valence-corrected chi connectivity index (χ1v) is 8.74. The van der Waals surface area contributed by atoms with E-state index in [0.29, 0.717) is 12.2 Å². The van der Waals surface area contributed by atoms with Crippen LogP contribution in [0.4, 0.5) is 11.4 Å². The van der Waals surface area contributed by atoms with E-state index in [4.69, 9.17) is 0 Å². The van der Waals surface area contributed by atoms with Crippen LogP contribution in [-0.4, -0.2) is 29.0 Å². The van der Waals surface area contributed by atoms with Crippen LogP contribution in [0.15, 0.2) is 54.6 Å². The lowest BCUT2D eigenvalue weighted by Gasteiger charge is -2.40. The summed E-state index contributed by atoms with van der Waals surface area (Å²) in [6.45, 7) is 4.00. The predicted molar refractivity (Wildman–Crippen MR) is 104 cm³/mol. The van der Waals surface area contributed by atoms with E-state index in [2.05, 4.69) is 0 Å². The van der Waals surface area contributed by atoms with Gasteiger partial charge >= 0.3 is 0 Å². The Labute approximate surface area is 152 Å². The average Bonchev–Trinajstić information content (AvgIpc) is 2.97. The van der Waals surface area contributed by atoms with Crippen LogP contribution in [0.3, 0.4) is 0 Å². The Balaban J connectivity index is 1.82. The van der Waals surface area contributed by atoms with Gasteiger partial charge in [0, 0.05) is 31.4 Å². The molecule has 26 heavy (non-hydrogen) atoms. The second kappa shape index (κ2) is 6.02. The van der Waals surface area contributed by atoms with Crippen molar-refractivity contribution in [2.75, 3.05) is 16.3 Å². The number of amides is 2. The Morgan fingerprint density at radius 1 is 1.00 bits per heavy atom. The van der Waals surface area contributed by atoms with Crippen molar-refractivity contribution in [2.24, 2.45) is 7.05 Å². The summed E-state index contributed by atoms with van der Waals surface area (Å²) in [6.07, 6.45) is 0. The van der Waals surface area contributed by atoms with Crippen molar-refractivity contribution >= 4 is 34.1 Å². The number of rotatable bonds is 1. The number of aromatic nitrogens is 1. The van der Waals surface area contributed by atoms with Gasteiger partial charge in [0.2, 0.25) is 5.91 Å². The van der Waals surface area contributed by atoms with Crippen LogP contribution in [0.1, 0.15) is 24.3 Å². The average molecular weight is 347 g/mol. The zero-order valence-electron chi connectivity index (χ0n) is 15.1. The molecule has 1 aliphatic rings. The predicted octanol–water partition coefficient (Wildman–Crippen LogP) is 3.58. The molecule has 0 spiro atoms. The van der Waals surface area contributed by atoms with E-state index in [-0.39, 0.29) is 17.9 Å². The van der Waals surface area contributed by atoms with Gasteiger partial charge in [0.15, 0.2) is 0 Å². The number of benzene rings is 2. The fourth-order valence-corrected chi connectivity index (χ4v) is 3.88. The Morgan fingerprint density at radius 2 is 1.65 bits per heavy atom. The number of carbonyl (C=O) groups excluding carboxylic acids is 2. The molecule has 132 valence electrons. The third-order valence-corrected chi connectivity index (χ3v) is 5.07. The van der Waals surface area contributed by atoms with Gasteiger partial charge in [-0.2, -0.15) is 0 Å². The van der Waals surface area contributed by atoms with E-state index < -0.39 is 0 Å². The lowest BCUT2D eigenvalue weighted by atomic mass is 10.1. The summed E-state index contributed by atoms with van der Waals surface area (Å²) in [7, 11) is 1.91. The maximum Gasteiger partial charge on any atom is 0.275 e. The van der Waals surface area contributed by atoms with Gasteiger partial charge in [0.1, 0.15) is 5.69 Å². The van der Waals surface area contributed by atoms with E-state index in [9.17, 15) is 9.59 Å². The fourth-order valence-electron chi connectivity index (χ4n) is 3.88. The second-order valence-corrected chi connectivity index (χ2v) is 6.79. The molecule has 0 saturated carbocycles. The molecule has 4 rings (SSSR count). The minimum absolute atomic E-state index is 0.0124. The van der Waals surface area contributed by atoms with Crippen molar-refractivity contribution in [3.63, 3.8) is 0 Å². The summed E-state index contributed by atoms with van der Waals surface area (Å²) < 4.78 is 1.93. The van der Waals surface area contributed by atoms with Crippen LogP contribution in [0.2, 0.25) is 0 Å². The lowest BCUT2D eigenvalue weighted by Crippen LogP contribution is -2.51. The standard InChI is InChI=1S/C21H21N3O2/c1-14-13-23(18-10-6-7-11-19(18)24(14)15(2)25)21(26)20-12-16-8-4-5-9-17(16)22(20)3/h4-12,14H,13H2,1-3H3/t14-/m0/s1. The molecule has 0 N–H and O–H groups in total. The molecular weight excluding hydrogens is 326 g/mol. The monoisotopic (exact) mass is 347 g/mol. The van der Waals surface area contributed by atoms with Crippen LogP contribution in [0.5, 0.6) is 0 Å². The highest BCUT2D eigenvalue weighted by atomic mass is 16.2. The van der Waals surface area contributed by atoms with Crippen LogP contribution in [0, 0.1) is 0 Å². The first-order chi connectivity index (χ1) is 12.5. The molecule has 0 bridgehead atoms. The first kappa shape index (κ1) is 16.4. The van der Waals surface area contributed by atoms with Gasteiger partial charge in [0.05, 0.1) is 17.4 Å². The highest BCUT2D eigenvalue weighted by Gasteiger charge is 2.34. The topological polar surface area (TPSA) is 45.6 Å². The summed E-state index contributed by atoms with van der Waals surface area (Å²) in [5.41, 5.74) is 3.23. The van der Waals surface area contributed by atoms with Crippen LogP contribution >= 0.6 is 0 Å². The van der Waals surface area contributed by atoms with Crippen molar-refractivity contribution < 1.29 is 9.59 Å². The number of para-hydroxylation sites is 3. The maximum atomic E-state index is 13.4. The van der Waals surface area contributed by atoms with Gasteiger partial charge in [0.25, 0.3) is 5.91 Å². The number of nitrogens with zero attached hydrogens (tertiary/aromatic N) is 3. The second-order valence-electron chi connectivity index (χ2n) is 6.79. The van der Waals surface area contributed by atoms with Gasteiger partial charge < -0.3 is 14.4 Å². The molecule has 0 aliphatic carbocycles. The Hall–Kier alpha value is -3.08. The smallest absolute Gasteiger partial charge is 0.275 e. The quantitative estimate of drug-likeness (QED) is 0.675. The number of anilines is 2. The highest BCUT2D eigenvalue weighted by molar-refractivity contribution is 6.11. The minimum Gasteiger partial charge on any atom is -0.340 e. The van der Waals surface area contributed by atoms with Crippen molar-refractivity contribution in [2.45, 2.75) is 19.9 Å². The van der Waals surface area contributed by atoms with Crippen LogP contribution in [-0.2, 0) is 11.8 Å². The molecule has 1 aromatic heterocycles. The molecule has 2 aromatic carbocycles. The fraction of sp³-hybridized carbons (Fsp3) is 0.238. The van der Waals surface area contributed by atoms with E-state index in [1.807, 2.05) is 73.1 Å². The maximum absolute atomic E-state index is 13.4. The zero-order valence-corrected chi connectivity index (χ0v) is 15.1. The molecule has 0 radical (unpaired) electrons. The van der Waals surface area contributed by atoms with Gasteiger partial charge in [-0.05, 0) is 31.2 Å². The van der Waals surface area contributed by atoms with Crippen molar-refractivity contribution in [1.29, 1.82) is 0 Å². The SMILES string of the molecule is CC(=O)N1c2ccccc2N(C(=O)c2cc3ccccc3n2C)C[C@@H]1C. The summed E-state index contributed by atoms with van der Waals surface area (Å²) in [6, 6.07) is 17.4. The molecule has 0 saturated heterocycles. The summed E-state index contributed by atoms with van der Waals surface area (Å²) >= 11 is 0. The molecule has 1 atom stereocenters. The van der Waals surface area contributed by atoms with Crippen LogP contribution in [0.25, 0.3) is 10.9 Å². The van der Waals surface area contributed by atoms with Gasteiger partial charge in [-0.15, -0.1) is 0 Å². The third kappa shape index (κ3) is 2.39. The molecule has 0 fully saturated rings. The van der Waals surface area contributed by atoms with E-state index in [1.165, 1.54) is 0 Å². The van der Waals surface area contributed by atoms with E-state index in [1.54, 1.807) is 16.7 Å². The van der Waals surface area contributed by atoms with Crippen molar-refractivity contribution in [3.05, 3.63) is 60.3 Å².